The van der Waals surface area contributed by atoms with E-state index in [0.717, 1.165) is 49.1 Å². The average molecular weight is 443 g/mol. The van der Waals surface area contributed by atoms with Gasteiger partial charge in [-0.25, -0.2) is 0 Å². The van der Waals surface area contributed by atoms with E-state index in [1.807, 2.05) is 34.1 Å². The molecule has 0 bridgehead atoms. The Morgan fingerprint density at radius 2 is 1.73 bits per heavy atom. The zero-order valence-corrected chi connectivity index (χ0v) is 19.2. The minimum atomic E-state index is -0.159. The third kappa shape index (κ3) is 3.15. The summed E-state index contributed by atoms with van der Waals surface area (Å²) in [4.78, 5) is 32.7. The second-order valence-corrected chi connectivity index (χ2v) is 9.47. The van der Waals surface area contributed by atoms with Crippen LogP contribution < -0.4 is 4.90 Å². The Morgan fingerprint density at radius 3 is 2.58 bits per heavy atom. The number of nitrogens with zero attached hydrogens (tertiary/aromatic N) is 4. The van der Waals surface area contributed by atoms with Crippen molar-refractivity contribution < 1.29 is 9.59 Å². The number of para-hydroxylation sites is 2. The Balaban J connectivity index is 1.42. The van der Waals surface area contributed by atoms with Gasteiger partial charge in [-0.05, 0) is 49.4 Å². The minimum Gasteiger partial charge on any atom is -0.349 e. The topological polar surface area (TPSA) is 48.8 Å². The highest BCUT2D eigenvalue weighted by Gasteiger charge is 2.42. The fraction of sp³-hybridized carbons (Fsp3) is 0.407. The molecule has 4 heterocycles. The van der Waals surface area contributed by atoms with E-state index in [4.69, 9.17) is 0 Å². The number of amides is 2. The molecule has 0 spiro atoms. The van der Waals surface area contributed by atoms with Gasteiger partial charge in [0.15, 0.2) is 0 Å². The number of anilines is 1. The predicted molar refractivity (Wildman–Crippen MR) is 129 cm³/mol. The second kappa shape index (κ2) is 7.94. The van der Waals surface area contributed by atoms with Crippen molar-refractivity contribution in [3.05, 3.63) is 65.4 Å². The number of aromatic nitrogens is 1. The van der Waals surface area contributed by atoms with Gasteiger partial charge in [0.05, 0.1) is 16.9 Å². The van der Waals surface area contributed by atoms with Gasteiger partial charge < -0.3 is 19.3 Å². The lowest BCUT2D eigenvalue weighted by atomic mass is 9.96. The summed E-state index contributed by atoms with van der Waals surface area (Å²) in [5.74, 6) is 0.341. The van der Waals surface area contributed by atoms with Gasteiger partial charge in [-0.1, -0.05) is 30.3 Å². The van der Waals surface area contributed by atoms with Crippen LogP contribution in [0.2, 0.25) is 0 Å². The van der Waals surface area contributed by atoms with E-state index in [1.165, 1.54) is 23.1 Å². The first-order valence-electron chi connectivity index (χ1n) is 12.2. The fourth-order valence-electron chi connectivity index (χ4n) is 6.06. The summed E-state index contributed by atoms with van der Waals surface area (Å²) in [7, 11) is 2.08. The number of benzene rings is 2. The Kier molecular flexibility index (Phi) is 4.89. The summed E-state index contributed by atoms with van der Waals surface area (Å²) in [6.45, 7) is 3.11. The molecule has 1 atom stereocenters. The van der Waals surface area contributed by atoms with E-state index in [2.05, 4.69) is 40.8 Å². The highest BCUT2D eigenvalue weighted by molar-refractivity contribution is 6.02. The molecule has 1 fully saturated rings. The lowest BCUT2D eigenvalue weighted by Gasteiger charge is -2.46. The molecule has 3 aliphatic heterocycles. The maximum Gasteiger partial charge on any atom is 0.257 e. The van der Waals surface area contributed by atoms with E-state index in [-0.39, 0.29) is 18.0 Å². The minimum absolute atomic E-state index is 0.0977. The van der Waals surface area contributed by atoms with Crippen molar-refractivity contribution >= 4 is 28.4 Å². The molecule has 0 unspecified atom stereocenters. The van der Waals surface area contributed by atoms with Crippen LogP contribution >= 0.6 is 0 Å². The number of hydrogen-bond acceptors (Lipinski definition) is 3. The van der Waals surface area contributed by atoms with Crippen molar-refractivity contribution in [2.45, 2.75) is 44.8 Å². The predicted octanol–water partition coefficient (Wildman–Crippen LogP) is 4.19. The van der Waals surface area contributed by atoms with Crippen LogP contribution in [-0.4, -0.2) is 52.9 Å². The van der Waals surface area contributed by atoms with Gasteiger partial charge in [0.25, 0.3) is 5.91 Å². The van der Waals surface area contributed by atoms with Crippen LogP contribution in [0.3, 0.4) is 0 Å². The van der Waals surface area contributed by atoms with Crippen LogP contribution in [0.25, 0.3) is 10.9 Å². The third-order valence-electron chi connectivity index (χ3n) is 7.66. The van der Waals surface area contributed by atoms with Crippen LogP contribution in [0, 0.1) is 0 Å². The summed E-state index contributed by atoms with van der Waals surface area (Å²) >= 11 is 0. The zero-order chi connectivity index (χ0) is 22.5. The molecule has 2 aromatic carbocycles. The first kappa shape index (κ1) is 20.3. The molecule has 6 nitrogen and oxygen atoms in total. The van der Waals surface area contributed by atoms with E-state index in [9.17, 15) is 9.59 Å². The maximum atomic E-state index is 13.4. The van der Waals surface area contributed by atoms with Gasteiger partial charge in [-0.2, -0.15) is 0 Å². The fourth-order valence-corrected chi connectivity index (χ4v) is 6.06. The summed E-state index contributed by atoms with van der Waals surface area (Å²) < 4.78 is 2.32. The molecule has 2 amide bonds. The third-order valence-corrected chi connectivity index (χ3v) is 7.66. The van der Waals surface area contributed by atoms with Gasteiger partial charge in [-0.15, -0.1) is 0 Å². The number of rotatable bonds is 3. The van der Waals surface area contributed by atoms with E-state index in [0.29, 0.717) is 19.5 Å². The standard InChI is InChI=1S/C27H30N4O2/c1-28-22-11-5-4-10-21(22)27(33)31-17-13-20-19-9-3-6-12-23(19)30(25(20)26(28)31)18-14-24(32)29-15-7-2-8-16-29/h3-6,9-12,26H,2,7-8,13-18H2,1H3/t26-/m0/s1. The molecular formula is C27H30N4O2. The van der Waals surface area contributed by atoms with Gasteiger partial charge in [-0.3, -0.25) is 9.59 Å². The molecule has 170 valence electrons. The highest BCUT2D eigenvalue weighted by Crippen LogP contribution is 2.44. The van der Waals surface area contributed by atoms with E-state index in [1.54, 1.807) is 0 Å². The summed E-state index contributed by atoms with van der Waals surface area (Å²) in [5.41, 5.74) is 5.38. The number of piperidine rings is 1. The molecule has 33 heavy (non-hydrogen) atoms. The van der Waals surface area contributed by atoms with Crippen LogP contribution in [-0.2, 0) is 17.8 Å². The largest absolute Gasteiger partial charge is 0.349 e. The SMILES string of the molecule is CN1c2ccccc2C(=O)N2CCc3c(n(CCC(=O)N4CCCCC4)c4ccccc34)[C@H]21. The zero-order valence-electron chi connectivity index (χ0n) is 19.2. The van der Waals surface area contributed by atoms with Crippen molar-refractivity contribution in [1.82, 2.24) is 14.4 Å². The molecule has 0 saturated carbocycles. The van der Waals surface area contributed by atoms with Crippen LogP contribution in [0.15, 0.2) is 48.5 Å². The van der Waals surface area contributed by atoms with Crippen LogP contribution in [0.1, 0.15) is 53.5 Å². The lowest BCUT2D eigenvalue weighted by Crippen LogP contribution is -2.51. The number of carbonyl (C=O) groups excluding carboxylic acids is 2. The van der Waals surface area contributed by atoms with Gasteiger partial charge in [0, 0.05) is 50.6 Å². The Labute approximate surface area is 194 Å². The summed E-state index contributed by atoms with van der Waals surface area (Å²) in [6, 6.07) is 16.4. The first-order chi connectivity index (χ1) is 16.1. The molecule has 0 N–H and O–H groups in total. The van der Waals surface area contributed by atoms with E-state index < -0.39 is 0 Å². The van der Waals surface area contributed by atoms with Gasteiger partial charge in [0.2, 0.25) is 5.91 Å². The summed E-state index contributed by atoms with van der Waals surface area (Å²) in [6.07, 6.45) is 4.61. The van der Waals surface area contributed by atoms with Crippen LogP contribution in [0.4, 0.5) is 5.69 Å². The molecule has 6 rings (SSSR count). The highest BCUT2D eigenvalue weighted by atomic mass is 16.2. The molecule has 3 aromatic rings. The molecule has 1 saturated heterocycles. The summed E-state index contributed by atoms with van der Waals surface area (Å²) in [5, 5.41) is 1.25. The van der Waals surface area contributed by atoms with Gasteiger partial charge in [0.1, 0.15) is 6.17 Å². The average Bonchev–Trinajstić information content (AvgIpc) is 3.19. The van der Waals surface area contributed by atoms with Crippen molar-refractivity contribution in [1.29, 1.82) is 0 Å². The number of likely N-dealkylation sites (tertiary alicyclic amines) is 1. The maximum absolute atomic E-state index is 13.4. The second-order valence-electron chi connectivity index (χ2n) is 9.47. The number of hydrogen-bond donors (Lipinski definition) is 0. The van der Waals surface area contributed by atoms with E-state index >= 15 is 0 Å². The van der Waals surface area contributed by atoms with Crippen molar-refractivity contribution in [2.24, 2.45) is 0 Å². The number of fused-ring (bicyclic) bond motifs is 6. The number of aryl methyl sites for hydroxylation is 1. The molecule has 1 aromatic heterocycles. The van der Waals surface area contributed by atoms with Crippen LogP contribution in [0.5, 0.6) is 0 Å². The monoisotopic (exact) mass is 442 g/mol. The first-order valence-corrected chi connectivity index (χ1v) is 12.2. The smallest absolute Gasteiger partial charge is 0.257 e. The van der Waals surface area contributed by atoms with Crippen molar-refractivity contribution in [3.8, 4) is 0 Å². The molecular weight excluding hydrogens is 412 g/mol. The Hall–Kier alpha value is -3.28. The Morgan fingerprint density at radius 1 is 0.970 bits per heavy atom. The van der Waals surface area contributed by atoms with Crippen molar-refractivity contribution in [2.75, 3.05) is 31.6 Å². The number of carbonyl (C=O) groups is 2. The Bertz CT molecular complexity index is 1240. The normalized spacial score (nSPS) is 20.0. The molecule has 0 aliphatic carbocycles. The lowest BCUT2D eigenvalue weighted by molar-refractivity contribution is -0.132. The quantitative estimate of drug-likeness (QED) is 0.611. The van der Waals surface area contributed by atoms with Gasteiger partial charge >= 0.3 is 0 Å². The molecule has 6 heteroatoms. The molecule has 3 aliphatic rings. The van der Waals surface area contributed by atoms with Crippen molar-refractivity contribution in [3.63, 3.8) is 0 Å². The molecule has 0 radical (unpaired) electrons.